The number of hydrogen-bond acceptors (Lipinski definition) is 13. The number of nitrogens with one attached hydrogen (secondary N) is 3. The van der Waals surface area contributed by atoms with Gasteiger partial charge in [-0.2, -0.15) is 0 Å². The van der Waals surface area contributed by atoms with E-state index in [1.807, 2.05) is 36.7 Å². The second kappa shape index (κ2) is 24.6. The summed E-state index contributed by atoms with van der Waals surface area (Å²) in [6.07, 6.45) is 12.9. The Morgan fingerprint density at radius 2 is 1.77 bits per heavy atom. The number of carbonyl (C=O) groups is 4. The van der Waals surface area contributed by atoms with Gasteiger partial charge in [0.15, 0.2) is 33.1 Å². The van der Waals surface area contributed by atoms with Crippen LogP contribution in [0, 0.1) is 24.5 Å². The average Bonchev–Trinajstić information content (AvgIpc) is 4.12. The van der Waals surface area contributed by atoms with E-state index in [0.29, 0.717) is 90.1 Å². The molecule has 0 saturated carbocycles. The number of sulfone groups is 1. The van der Waals surface area contributed by atoms with Gasteiger partial charge in [-0.15, -0.1) is 11.3 Å². The number of hydrogen-bond donors (Lipinski definition) is 4. The lowest BCUT2D eigenvalue weighted by molar-refractivity contribution is -0.139. The van der Waals surface area contributed by atoms with Gasteiger partial charge in [-0.3, -0.25) is 19.2 Å². The van der Waals surface area contributed by atoms with Crippen LogP contribution in [-0.4, -0.2) is 88.6 Å². The summed E-state index contributed by atoms with van der Waals surface area (Å²) in [5.74, 6) is -4.29. The van der Waals surface area contributed by atoms with Crippen molar-refractivity contribution in [1.29, 1.82) is 0 Å². The van der Waals surface area contributed by atoms with Gasteiger partial charge < -0.3 is 35.9 Å². The number of H-pyrrole nitrogens is 1. The van der Waals surface area contributed by atoms with Gasteiger partial charge >= 0.3 is 0 Å². The van der Waals surface area contributed by atoms with Crippen LogP contribution in [-0.2, 0) is 43.0 Å². The average molecular weight is 1070 g/mol. The molecule has 2 aliphatic rings. The second-order valence-corrected chi connectivity index (χ2v) is 22.2. The highest BCUT2D eigenvalue weighted by molar-refractivity contribution is 7.89. The molecule has 2 atom stereocenters. The van der Waals surface area contributed by atoms with E-state index in [0.717, 1.165) is 66.3 Å². The first-order chi connectivity index (χ1) is 35.3. The number of fused-ring (bicyclic) bond motifs is 2. The van der Waals surface area contributed by atoms with Crippen LogP contribution < -0.4 is 21.3 Å². The van der Waals surface area contributed by atoms with E-state index in [4.69, 9.17) is 22.7 Å². The summed E-state index contributed by atoms with van der Waals surface area (Å²) in [4.78, 5) is 69.5. The smallest absolute Gasteiger partial charge is 0.251 e. The molecule has 392 valence electrons. The Morgan fingerprint density at radius 1 is 1.04 bits per heavy atom. The van der Waals surface area contributed by atoms with Crippen LogP contribution in [0.2, 0.25) is 0 Å². The summed E-state index contributed by atoms with van der Waals surface area (Å²) in [7, 11) is -3.66. The molecular weight excluding hydrogens is 1010 g/mol. The molecule has 0 aliphatic carbocycles. The third-order valence-electron chi connectivity index (χ3n) is 13.2. The summed E-state index contributed by atoms with van der Waals surface area (Å²) in [6, 6.07) is 11.2. The van der Waals surface area contributed by atoms with Crippen molar-refractivity contribution in [2.75, 3.05) is 30.9 Å². The number of thiazole rings is 1. The van der Waals surface area contributed by atoms with Crippen molar-refractivity contribution in [1.82, 2.24) is 30.5 Å². The van der Waals surface area contributed by atoms with Gasteiger partial charge in [0, 0.05) is 72.7 Å². The van der Waals surface area contributed by atoms with Crippen LogP contribution in [0.5, 0.6) is 0 Å². The fraction of sp³-hybridized carbons (Fsp3) is 0.389. The Bertz CT molecular complexity index is 3100. The van der Waals surface area contributed by atoms with E-state index >= 15 is 4.39 Å². The molecule has 74 heavy (non-hydrogen) atoms. The van der Waals surface area contributed by atoms with Crippen LogP contribution in [0.4, 0.5) is 20.3 Å². The van der Waals surface area contributed by atoms with E-state index in [-0.39, 0.29) is 47.0 Å². The Kier molecular flexibility index (Phi) is 18.3. The summed E-state index contributed by atoms with van der Waals surface area (Å²) in [6.45, 7) is 8.31. The van der Waals surface area contributed by atoms with Crippen LogP contribution in [0.1, 0.15) is 126 Å². The number of aryl methyl sites for hydroxylation is 1. The maximum atomic E-state index is 15.5. The number of unbranched alkanes of at least 4 members (excludes halogenated alkanes) is 5. The predicted molar refractivity (Wildman–Crippen MR) is 287 cm³/mol. The number of allylic oxidation sites excluding steroid dienone is 2. The number of halogens is 2. The molecule has 2 aromatic carbocycles. The Balaban J connectivity index is 0.864. The maximum Gasteiger partial charge on any atom is 0.251 e. The molecule has 5 aromatic rings. The zero-order valence-corrected chi connectivity index (χ0v) is 44.6. The van der Waals surface area contributed by atoms with Crippen LogP contribution in [0.15, 0.2) is 78.4 Å². The van der Waals surface area contributed by atoms with Gasteiger partial charge in [0.25, 0.3) is 5.91 Å². The predicted octanol–water partition coefficient (Wildman–Crippen LogP) is 9.17. The van der Waals surface area contributed by atoms with E-state index < -0.39 is 45.1 Å². The molecule has 2 unspecified atom stereocenters. The standard InChI is InChI=1S/C54H62F2N8O7S3/c1-6-40-42-22-37(30-74(5,69)70)41(24-45(42)64(51-43(56)23-39(55)28-60-51)29-38-27-59-49(34(4)65)48(38)40)52(66)58-19-11-9-7-8-10-12-21-71-47(57)25-46(72)32(2)54(68)63-20-13-14-44(63)53(67)61-26-35-15-17-36(18-16-35)50-33(3)62-31-73-50/h6,15-18,22-25,27-28,31-32,44,59H,7-14,19-21,26,29-30,57H2,1-5H3,(H,58,66)(H,61,67)/b40-6-,47-25+. The number of ether oxygens (including phenoxy) is 1. The van der Waals surface area contributed by atoms with E-state index in [1.54, 1.807) is 48.4 Å². The van der Waals surface area contributed by atoms with E-state index in [1.165, 1.54) is 24.0 Å². The van der Waals surface area contributed by atoms with Gasteiger partial charge in [-0.1, -0.05) is 68.2 Å². The van der Waals surface area contributed by atoms with Crippen molar-refractivity contribution in [3.63, 3.8) is 0 Å². The summed E-state index contributed by atoms with van der Waals surface area (Å²) >= 11 is 7.17. The number of nitrogens with zero attached hydrogens (tertiary/aromatic N) is 4. The molecule has 3 amide bonds. The molecule has 5 N–H and O–H groups in total. The Hall–Kier alpha value is -6.64. The summed E-state index contributed by atoms with van der Waals surface area (Å²) in [5.41, 5.74) is 14.1. The minimum absolute atomic E-state index is 0.00612. The van der Waals surface area contributed by atoms with Gasteiger partial charge in [-0.05, 0) is 86.4 Å². The number of aromatic amines is 1. The molecule has 0 bridgehead atoms. The summed E-state index contributed by atoms with van der Waals surface area (Å²) < 4.78 is 60.9. The highest BCUT2D eigenvalue weighted by Gasteiger charge is 2.37. The van der Waals surface area contributed by atoms with Crippen LogP contribution >= 0.6 is 23.6 Å². The highest BCUT2D eigenvalue weighted by Crippen LogP contribution is 2.44. The zero-order valence-electron chi connectivity index (χ0n) is 42.2. The molecule has 0 radical (unpaired) electrons. The lowest BCUT2D eigenvalue weighted by Crippen LogP contribution is -2.48. The number of anilines is 2. The van der Waals surface area contributed by atoms with Gasteiger partial charge in [-0.25, -0.2) is 27.2 Å². The van der Waals surface area contributed by atoms with E-state index in [9.17, 15) is 32.0 Å². The number of nitrogens with two attached hydrogens (primary N) is 1. The van der Waals surface area contributed by atoms with Crippen molar-refractivity contribution >= 4 is 78.8 Å². The highest BCUT2D eigenvalue weighted by atomic mass is 32.2. The zero-order chi connectivity index (χ0) is 53.3. The van der Waals surface area contributed by atoms with Crippen molar-refractivity contribution < 1.29 is 41.1 Å². The fourth-order valence-electron chi connectivity index (χ4n) is 9.41. The monoisotopic (exact) mass is 1070 g/mol. The third kappa shape index (κ3) is 13.4. The number of Topliss-reactive ketones (excluding diaryl/α,β-unsaturated/α-hetero) is 1. The SMILES string of the molecule is C/C=C1/c2cc(CS(C)(=O)=O)c(C(=O)NCCCCCCCCO/C(N)=C/C(=S)C(C)C(=O)N3CCCC3C(=O)NCc3ccc(-c4scnc4C)cc3)cc2N(c2ncc(F)cc2F)Cc2c[nH]c(C(C)=O)c21. The molecule has 1 fully saturated rings. The minimum Gasteiger partial charge on any atom is -0.479 e. The fourth-order valence-corrected chi connectivity index (χ4v) is 11.2. The van der Waals surface area contributed by atoms with Gasteiger partial charge in [0.2, 0.25) is 11.8 Å². The van der Waals surface area contributed by atoms with Crippen molar-refractivity contribution in [2.45, 2.75) is 104 Å². The number of amides is 3. The van der Waals surface area contributed by atoms with Crippen molar-refractivity contribution in [3.05, 3.63) is 135 Å². The lowest BCUT2D eigenvalue weighted by Gasteiger charge is -2.26. The Labute approximate surface area is 440 Å². The number of benzene rings is 2. The van der Waals surface area contributed by atoms with Gasteiger partial charge in [0.05, 0.1) is 58.5 Å². The Morgan fingerprint density at radius 3 is 2.45 bits per heavy atom. The molecule has 2 aliphatic heterocycles. The number of thiocarbonyl (C=S) groups is 1. The number of pyridine rings is 1. The van der Waals surface area contributed by atoms with Crippen molar-refractivity contribution in [2.24, 2.45) is 11.7 Å². The summed E-state index contributed by atoms with van der Waals surface area (Å²) in [5, 5.41) is 5.92. The molecule has 3 aromatic heterocycles. The first-order valence-electron chi connectivity index (χ1n) is 24.7. The van der Waals surface area contributed by atoms with Crippen molar-refractivity contribution in [3.8, 4) is 10.4 Å². The minimum atomic E-state index is -3.66. The number of aromatic nitrogens is 3. The number of rotatable bonds is 22. The van der Waals surface area contributed by atoms with Crippen LogP contribution in [0.3, 0.4) is 0 Å². The molecule has 0 spiro atoms. The molecule has 20 heteroatoms. The van der Waals surface area contributed by atoms with Crippen LogP contribution in [0.25, 0.3) is 16.0 Å². The van der Waals surface area contributed by atoms with E-state index in [2.05, 4.69) is 25.6 Å². The topological polar surface area (TPSA) is 210 Å². The second-order valence-electron chi connectivity index (χ2n) is 18.7. The number of carbonyl (C=O) groups excluding carboxylic acids is 4. The normalized spacial score (nSPS) is 15.6. The largest absolute Gasteiger partial charge is 0.479 e. The van der Waals surface area contributed by atoms with Gasteiger partial charge in [0.1, 0.15) is 11.9 Å². The molecule has 7 rings (SSSR count). The molecule has 1 saturated heterocycles. The first kappa shape index (κ1) is 55.1. The molecule has 5 heterocycles. The third-order valence-corrected chi connectivity index (χ3v) is 15.5. The quantitative estimate of drug-likeness (QED) is 0.0168. The number of ketones is 1. The number of likely N-dealkylation sites (tertiary alicyclic amines) is 1. The molecular formula is C54H62F2N8O7S3. The first-order valence-corrected chi connectivity index (χ1v) is 28.0. The maximum absolute atomic E-state index is 15.5. The molecule has 15 nitrogen and oxygen atoms in total. The lowest BCUT2D eigenvalue weighted by atomic mass is 9.91.